The van der Waals surface area contributed by atoms with Crippen LogP contribution in [0.15, 0.2) is 47.8 Å². The van der Waals surface area contributed by atoms with Crippen LogP contribution >= 0.6 is 11.3 Å². The van der Waals surface area contributed by atoms with Crippen molar-refractivity contribution in [3.05, 3.63) is 69.3 Å². The summed E-state index contributed by atoms with van der Waals surface area (Å²) in [6.45, 7) is 0. The molecule has 12 heteroatoms. The zero-order chi connectivity index (χ0) is 21.3. The molecule has 150 valence electrons. The van der Waals surface area contributed by atoms with Crippen molar-refractivity contribution < 1.29 is 32.4 Å². The normalized spacial score (nSPS) is 11.3. The minimum Gasteiger partial charge on any atom is -0.464 e. The molecule has 0 spiro atoms. The monoisotopic (exact) mass is 427 g/mol. The van der Waals surface area contributed by atoms with Gasteiger partial charge < -0.3 is 5.11 Å². The third-order valence-corrected chi connectivity index (χ3v) is 4.57. The van der Waals surface area contributed by atoms with E-state index in [4.69, 9.17) is 0 Å². The van der Waals surface area contributed by atoms with Crippen LogP contribution in [0.4, 0.5) is 38.9 Å². The number of aromatic nitrogens is 1. The van der Waals surface area contributed by atoms with Crippen LogP contribution in [-0.2, 0) is 6.18 Å². The van der Waals surface area contributed by atoms with Crippen molar-refractivity contribution >= 4 is 33.9 Å². The van der Waals surface area contributed by atoms with E-state index in [0.717, 1.165) is 47.7 Å². The molecule has 3 aromatic rings. The molecule has 3 rings (SSSR count). The second-order valence-electron chi connectivity index (χ2n) is 5.60. The third kappa shape index (κ3) is 4.16. The minimum absolute atomic E-state index is 0.0931. The Morgan fingerprint density at radius 3 is 2.55 bits per heavy atom. The first-order valence-corrected chi connectivity index (χ1v) is 8.56. The SMILES string of the molecule is O=C(O)N(c1cccc(C(F)(F)F)c1)c1nc(-c2cc([N+](=O)[O-])ccc2F)cs1. The zero-order valence-electron chi connectivity index (χ0n) is 14.1. The van der Waals surface area contributed by atoms with E-state index in [1.807, 2.05) is 0 Å². The summed E-state index contributed by atoms with van der Waals surface area (Å²) in [5.41, 5.74) is -2.10. The van der Waals surface area contributed by atoms with Crippen molar-refractivity contribution in [1.29, 1.82) is 0 Å². The second kappa shape index (κ2) is 7.47. The summed E-state index contributed by atoms with van der Waals surface area (Å²) in [4.78, 5) is 26.3. The summed E-state index contributed by atoms with van der Waals surface area (Å²) in [6.07, 6.45) is -6.29. The molecule has 0 unspecified atom stereocenters. The van der Waals surface area contributed by atoms with Crippen molar-refractivity contribution in [3.63, 3.8) is 0 Å². The van der Waals surface area contributed by atoms with Crippen molar-refractivity contribution in [2.75, 3.05) is 4.90 Å². The van der Waals surface area contributed by atoms with E-state index in [2.05, 4.69) is 4.98 Å². The highest BCUT2D eigenvalue weighted by Crippen LogP contribution is 2.37. The largest absolute Gasteiger partial charge is 0.464 e. The van der Waals surface area contributed by atoms with Crippen molar-refractivity contribution in [3.8, 4) is 11.3 Å². The number of alkyl halides is 3. The summed E-state index contributed by atoms with van der Waals surface area (Å²) in [5.74, 6) is -0.826. The molecule has 0 atom stereocenters. The first kappa shape index (κ1) is 20.2. The molecule has 1 aromatic heterocycles. The average molecular weight is 427 g/mol. The van der Waals surface area contributed by atoms with E-state index in [1.54, 1.807) is 0 Å². The number of amides is 1. The van der Waals surface area contributed by atoms with E-state index in [-0.39, 0.29) is 22.1 Å². The van der Waals surface area contributed by atoms with Gasteiger partial charge in [0.2, 0.25) is 0 Å². The van der Waals surface area contributed by atoms with Crippen molar-refractivity contribution in [2.24, 2.45) is 0 Å². The van der Waals surface area contributed by atoms with Crippen LogP contribution < -0.4 is 4.90 Å². The molecule has 0 saturated carbocycles. The summed E-state index contributed by atoms with van der Waals surface area (Å²) >= 11 is 0.728. The topological polar surface area (TPSA) is 96.6 Å². The predicted octanol–water partition coefficient (Wildman–Crippen LogP) is 5.69. The lowest BCUT2D eigenvalue weighted by Gasteiger charge is -2.17. The van der Waals surface area contributed by atoms with Gasteiger partial charge in [0.05, 0.1) is 21.9 Å². The van der Waals surface area contributed by atoms with Gasteiger partial charge in [0.25, 0.3) is 5.69 Å². The standard InChI is InChI=1S/C17H9F4N3O4S/c18-13-5-4-11(24(27)28)7-12(13)14-8-29-15(22-14)23(16(25)26)10-3-1-2-9(6-10)17(19,20)21/h1-8H,(H,25,26). The summed E-state index contributed by atoms with van der Waals surface area (Å²) in [6, 6.07) is 6.38. The number of anilines is 2. The second-order valence-corrected chi connectivity index (χ2v) is 6.44. The lowest BCUT2D eigenvalue weighted by molar-refractivity contribution is -0.384. The number of non-ortho nitro benzene ring substituents is 1. The number of carbonyl (C=O) groups is 1. The average Bonchev–Trinajstić information content (AvgIpc) is 3.10. The molecule has 0 aliphatic carbocycles. The number of nitro benzene ring substituents is 1. The van der Waals surface area contributed by atoms with Gasteiger partial charge in [-0.25, -0.2) is 19.1 Å². The molecule has 0 aliphatic rings. The molecule has 1 amide bonds. The Bertz CT molecular complexity index is 1100. The molecule has 29 heavy (non-hydrogen) atoms. The molecule has 7 nitrogen and oxygen atoms in total. The van der Waals surface area contributed by atoms with E-state index in [9.17, 15) is 37.6 Å². The number of carboxylic acid groups (broad SMARTS) is 1. The Morgan fingerprint density at radius 2 is 1.93 bits per heavy atom. The lowest BCUT2D eigenvalue weighted by Crippen LogP contribution is -2.24. The van der Waals surface area contributed by atoms with Gasteiger partial charge in [0.1, 0.15) is 5.82 Å². The molecular weight excluding hydrogens is 418 g/mol. The summed E-state index contributed by atoms with van der Waals surface area (Å²) in [5, 5.41) is 21.4. The number of hydrogen-bond acceptors (Lipinski definition) is 5. The van der Waals surface area contributed by atoms with Gasteiger partial charge in [-0.15, -0.1) is 11.3 Å². The number of nitro groups is 1. The lowest BCUT2D eigenvalue weighted by atomic mass is 10.1. The van der Waals surface area contributed by atoms with Crippen LogP contribution in [0.1, 0.15) is 5.56 Å². The van der Waals surface area contributed by atoms with Crippen LogP contribution in [0.5, 0.6) is 0 Å². The molecule has 1 N–H and O–H groups in total. The summed E-state index contributed by atoms with van der Waals surface area (Å²) in [7, 11) is 0. The van der Waals surface area contributed by atoms with E-state index < -0.39 is 34.3 Å². The van der Waals surface area contributed by atoms with Crippen LogP contribution in [0, 0.1) is 15.9 Å². The predicted molar refractivity (Wildman–Crippen MR) is 95.8 cm³/mol. The number of thiazole rings is 1. The molecule has 0 radical (unpaired) electrons. The highest BCUT2D eigenvalue weighted by atomic mass is 32.1. The Hall–Kier alpha value is -3.54. The quantitative estimate of drug-likeness (QED) is 0.328. The number of benzene rings is 2. The van der Waals surface area contributed by atoms with Gasteiger partial charge in [0.15, 0.2) is 5.13 Å². The molecule has 0 bridgehead atoms. The Kier molecular flexibility index (Phi) is 5.20. The van der Waals surface area contributed by atoms with Gasteiger partial charge in [-0.2, -0.15) is 13.2 Å². The van der Waals surface area contributed by atoms with Gasteiger partial charge >= 0.3 is 12.3 Å². The summed E-state index contributed by atoms with van der Waals surface area (Å²) < 4.78 is 52.9. The van der Waals surface area contributed by atoms with Crippen molar-refractivity contribution in [1.82, 2.24) is 4.98 Å². The first-order valence-electron chi connectivity index (χ1n) is 7.68. The maximum Gasteiger partial charge on any atom is 0.418 e. The maximum absolute atomic E-state index is 14.1. The van der Waals surface area contributed by atoms with Crippen LogP contribution in [0.2, 0.25) is 0 Å². The Morgan fingerprint density at radius 1 is 1.21 bits per heavy atom. The van der Waals surface area contributed by atoms with Gasteiger partial charge in [-0.05, 0) is 24.3 Å². The van der Waals surface area contributed by atoms with Gasteiger partial charge in [0, 0.05) is 23.1 Å². The molecular formula is C17H9F4N3O4S. The number of halogens is 4. The van der Waals surface area contributed by atoms with Gasteiger partial charge in [-0.3, -0.25) is 10.1 Å². The molecule has 1 heterocycles. The molecule has 0 saturated heterocycles. The van der Waals surface area contributed by atoms with Crippen LogP contribution in [-0.4, -0.2) is 21.1 Å². The Labute approximate surface area is 163 Å². The van der Waals surface area contributed by atoms with Gasteiger partial charge in [-0.1, -0.05) is 6.07 Å². The van der Waals surface area contributed by atoms with Crippen LogP contribution in [0.3, 0.4) is 0 Å². The zero-order valence-corrected chi connectivity index (χ0v) is 14.9. The van der Waals surface area contributed by atoms with E-state index in [0.29, 0.717) is 11.0 Å². The minimum atomic E-state index is -4.68. The first-order chi connectivity index (χ1) is 13.6. The fraction of sp³-hybridized carbons (Fsp3) is 0.0588. The van der Waals surface area contributed by atoms with E-state index in [1.165, 1.54) is 5.38 Å². The fourth-order valence-electron chi connectivity index (χ4n) is 2.44. The highest BCUT2D eigenvalue weighted by molar-refractivity contribution is 7.14. The third-order valence-electron chi connectivity index (χ3n) is 3.74. The smallest absolute Gasteiger partial charge is 0.418 e. The van der Waals surface area contributed by atoms with Crippen LogP contribution in [0.25, 0.3) is 11.3 Å². The number of hydrogen-bond donors (Lipinski definition) is 1. The van der Waals surface area contributed by atoms with Crippen molar-refractivity contribution in [2.45, 2.75) is 6.18 Å². The Balaban J connectivity index is 2.05. The molecule has 0 aliphatic heterocycles. The highest BCUT2D eigenvalue weighted by Gasteiger charge is 2.32. The number of rotatable bonds is 4. The maximum atomic E-state index is 14.1. The van der Waals surface area contributed by atoms with E-state index >= 15 is 0 Å². The fourth-order valence-corrected chi connectivity index (χ4v) is 3.27. The molecule has 2 aromatic carbocycles. The molecule has 0 fully saturated rings. The number of nitrogens with zero attached hydrogens (tertiary/aromatic N) is 3.